The lowest BCUT2D eigenvalue weighted by atomic mass is 10.1. The molecular weight excluding hydrogens is 316 g/mol. The molecule has 4 rings (SSSR count). The number of carbonyl (C=O) groups is 1. The molecule has 0 saturated heterocycles. The van der Waals surface area contributed by atoms with E-state index in [1.165, 1.54) is 10.7 Å². The van der Waals surface area contributed by atoms with Crippen LogP contribution in [0.3, 0.4) is 0 Å². The number of nitrogens with two attached hydrogens (primary N) is 1. The zero-order valence-corrected chi connectivity index (χ0v) is 13.4. The molecule has 0 bridgehead atoms. The van der Waals surface area contributed by atoms with Crippen molar-refractivity contribution >= 4 is 11.6 Å². The average Bonchev–Trinajstić information content (AvgIpc) is 3.06. The molecule has 1 amide bonds. The standard InChI is InChI=1S/C18H14N6O/c1-11-4-5-14(21-9-11)17-12(3-2-8-20-17)13-6-7-16-22-10-15(18(19)25)24(16)23-13/h2-10H,1H3,(H2,19,25). The normalized spacial score (nSPS) is 10.9. The molecule has 0 unspecified atom stereocenters. The zero-order valence-electron chi connectivity index (χ0n) is 13.4. The highest BCUT2D eigenvalue weighted by Crippen LogP contribution is 2.28. The van der Waals surface area contributed by atoms with E-state index in [2.05, 4.69) is 20.1 Å². The van der Waals surface area contributed by atoms with Crippen LogP contribution in [0.15, 0.2) is 55.0 Å². The second kappa shape index (κ2) is 5.79. The van der Waals surface area contributed by atoms with Crippen LogP contribution in [-0.4, -0.2) is 30.5 Å². The van der Waals surface area contributed by atoms with Crippen LogP contribution < -0.4 is 5.73 Å². The third kappa shape index (κ3) is 2.61. The van der Waals surface area contributed by atoms with Gasteiger partial charge in [0.15, 0.2) is 5.65 Å². The van der Waals surface area contributed by atoms with Gasteiger partial charge in [0.05, 0.1) is 23.3 Å². The lowest BCUT2D eigenvalue weighted by Crippen LogP contribution is -2.15. The van der Waals surface area contributed by atoms with E-state index in [9.17, 15) is 4.79 Å². The van der Waals surface area contributed by atoms with Gasteiger partial charge >= 0.3 is 0 Å². The van der Waals surface area contributed by atoms with Gasteiger partial charge in [-0.3, -0.25) is 14.8 Å². The number of fused-ring (bicyclic) bond motifs is 1. The van der Waals surface area contributed by atoms with Crippen LogP contribution in [0.4, 0.5) is 0 Å². The van der Waals surface area contributed by atoms with E-state index in [0.717, 1.165) is 22.5 Å². The van der Waals surface area contributed by atoms with Crippen molar-refractivity contribution in [2.75, 3.05) is 0 Å². The number of carbonyl (C=O) groups excluding carboxylic acids is 1. The predicted octanol–water partition coefficient (Wildman–Crippen LogP) is 2.26. The summed E-state index contributed by atoms with van der Waals surface area (Å²) >= 11 is 0. The van der Waals surface area contributed by atoms with Crippen LogP contribution in [0.2, 0.25) is 0 Å². The Bertz CT molecular complexity index is 1080. The molecule has 0 saturated carbocycles. The number of rotatable bonds is 3. The molecule has 0 atom stereocenters. The fourth-order valence-corrected chi connectivity index (χ4v) is 2.61. The fraction of sp³-hybridized carbons (Fsp3) is 0.0556. The molecule has 25 heavy (non-hydrogen) atoms. The molecule has 0 radical (unpaired) electrons. The minimum absolute atomic E-state index is 0.232. The van der Waals surface area contributed by atoms with Gasteiger partial charge in [-0.15, -0.1) is 0 Å². The van der Waals surface area contributed by atoms with Gasteiger partial charge in [-0.1, -0.05) is 6.07 Å². The highest BCUT2D eigenvalue weighted by Gasteiger charge is 2.14. The lowest BCUT2D eigenvalue weighted by Gasteiger charge is -2.08. The van der Waals surface area contributed by atoms with Gasteiger partial charge in [0, 0.05) is 18.0 Å². The summed E-state index contributed by atoms with van der Waals surface area (Å²) in [5.41, 5.74) is 10.2. The van der Waals surface area contributed by atoms with Gasteiger partial charge in [0.2, 0.25) is 0 Å². The fourth-order valence-electron chi connectivity index (χ4n) is 2.61. The molecule has 4 heterocycles. The predicted molar refractivity (Wildman–Crippen MR) is 92.7 cm³/mol. The van der Waals surface area contributed by atoms with Gasteiger partial charge < -0.3 is 5.73 Å². The van der Waals surface area contributed by atoms with E-state index in [1.807, 2.05) is 37.3 Å². The van der Waals surface area contributed by atoms with Gasteiger partial charge in [0.25, 0.3) is 5.91 Å². The number of primary amides is 1. The summed E-state index contributed by atoms with van der Waals surface area (Å²) in [6.07, 6.45) is 4.93. The van der Waals surface area contributed by atoms with E-state index in [4.69, 9.17) is 5.73 Å². The second-order valence-electron chi connectivity index (χ2n) is 5.62. The molecule has 0 aliphatic rings. The van der Waals surface area contributed by atoms with Crippen molar-refractivity contribution in [1.29, 1.82) is 0 Å². The van der Waals surface area contributed by atoms with Crippen molar-refractivity contribution in [3.05, 3.63) is 66.2 Å². The first-order valence-electron chi connectivity index (χ1n) is 7.66. The quantitative estimate of drug-likeness (QED) is 0.621. The van der Waals surface area contributed by atoms with E-state index in [-0.39, 0.29) is 5.69 Å². The molecule has 0 aromatic carbocycles. The van der Waals surface area contributed by atoms with Crippen LogP contribution in [0, 0.1) is 6.92 Å². The Hall–Kier alpha value is -3.61. The smallest absolute Gasteiger partial charge is 0.269 e. The third-order valence-electron chi connectivity index (χ3n) is 3.85. The number of imidazole rings is 1. The van der Waals surface area contributed by atoms with Gasteiger partial charge in [0.1, 0.15) is 5.69 Å². The third-order valence-corrected chi connectivity index (χ3v) is 3.85. The minimum atomic E-state index is -0.580. The summed E-state index contributed by atoms with van der Waals surface area (Å²) in [4.78, 5) is 24.6. The minimum Gasteiger partial charge on any atom is -0.364 e. The van der Waals surface area contributed by atoms with Gasteiger partial charge in [-0.05, 0) is 42.8 Å². The van der Waals surface area contributed by atoms with E-state index in [1.54, 1.807) is 18.5 Å². The number of hydrogen-bond donors (Lipinski definition) is 1. The van der Waals surface area contributed by atoms with Crippen LogP contribution >= 0.6 is 0 Å². The summed E-state index contributed by atoms with van der Waals surface area (Å²) in [7, 11) is 0. The van der Waals surface area contributed by atoms with Crippen LogP contribution in [0.1, 0.15) is 16.1 Å². The number of nitrogens with zero attached hydrogens (tertiary/aromatic N) is 5. The molecule has 4 aromatic heterocycles. The number of pyridine rings is 2. The summed E-state index contributed by atoms with van der Waals surface area (Å²) in [5.74, 6) is -0.580. The van der Waals surface area contributed by atoms with Gasteiger partial charge in [-0.25, -0.2) is 9.50 Å². The Labute approximate surface area is 143 Å². The largest absolute Gasteiger partial charge is 0.364 e. The van der Waals surface area contributed by atoms with Crippen molar-refractivity contribution in [3.63, 3.8) is 0 Å². The number of aromatic nitrogens is 5. The van der Waals surface area contributed by atoms with Crippen molar-refractivity contribution in [1.82, 2.24) is 24.6 Å². The zero-order chi connectivity index (χ0) is 17.4. The average molecular weight is 330 g/mol. The highest BCUT2D eigenvalue weighted by molar-refractivity contribution is 5.91. The second-order valence-corrected chi connectivity index (χ2v) is 5.62. The van der Waals surface area contributed by atoms with Crippen molar-refractivity contribution in [2.24, 2.45) is 5.73 Å². The maximum absolute atomic E-state index is 11.5. The van der Waals surface area contributed by atoms with Crippen LogP contribution in [0.5, 0.6) is 0 Å². The summed E-state index contributed by atoms with van der Waals surface area (Å²) in [5, 5.41) is 4.52. The molecular formula is C18H14N6O. The Morgan fingerprint density at radius 3 is 2.60 bits per heavy atom. The number of amides is 1. The first-order valence-corrected chi connectivity index (χ1v) is 7.66. The Morgan fingerprint density at radius 2 is 1.84 bits per heavy atom. The van der Waals surface area contributed by atoms with Crippen LogP contribution in [0.25, 0.3) is 28.3 Å². The van der Waals surface area contributed by atoms with Crippen molar-refractivity contribution < 1.29 is 4.79 Å². The van der Waals surface area contributed by atoms with Crippen LogP contribution in [-0.2, 0) is 0 Å². The molecule has 7 nitrogen and oxygen atoms in total. The first-order chi connectivity index (χ1) is 12.1. The molecule has 0 fully saturated rings. The van der Waals surface area contributed by atoms with Gasteiger partial charge in [-0.2, -0.15) is 5.10 Å². The molecule has 7 heteroatoms. The topological polar surface area (TPSA) is 99.1 Å². The molecule has 0 aliphatic heterocycles. The summed E-state index contributed by atoms with van der Waals surface area (Å²) in [6, 6.07) is 11.3. The van der Waals surface area contributed by atoms with E-state index < -0.39 is 5.91 Å². The Kier molecular flexibility index (Phi) is 3.46. The van der Waals surface area contributed by atoms with E-state index >= 15 is 0 Å². The SMILES string of the molecule is Cc1ccc(-c2ncccc2-c2ccc3ncc(C(N)=O)n3n2)nc1. The maximum Gasteiger partial charge on any atom is 0.269 e. The Morgan fingerprint density at radius 1 is 1.00 bits per heavy atom. The molecule has 4 aromatic rings. The first kappa shape index (κ1) is 14.9. The lowest BCUT2D eigenvalue weighted by molar-refractivity contribution is 0.0993. The highest BCUT2D eigenvalue weighted by atomic mass is 16.1. The molecule has 0 aliphatic carbocycles. The van der Waals surface area contributed by atoms with Crippen molar-refractivity contribution in [2.45, 2.75) is 6.92 Å². The molecule has 122 valence electrons. The Balaban J connectivity index is 1.90. The van der Waals surface area contributed by atoms with Crippen molar-refractivity contribution in [3.8, 4) is 22.6 Å². The molecule has 0 spiro atoms. The molecule has 2 N–H and O–H groups in total. The monoisotopic (exact) mass is 330 g/mol. The number of hydrogen-bond acceptors (Lipinski definition) is 5. The maximum atomic E-state index is 11.5. The van der Waals surface area contributed by atoms with E-state index in [0.29, 0.717) is 11.3 Å². The summed E-state index contributed by atoms with van der Waals surface area (Å²) < 4.78 is 1.44. The summed E-state index contributed by atoms with van der Waals surface area (Å²) in [6.45, 7) is 1.98. The number of aryl methyl sites for hydroxylation is 1.